The van der Waals surface area contributed by atoms with Crippen molar-refractivity contribution in [2.45, 2.75) is 25.9 Å². The molecule has 0 aliphatic heterocycles. The first kappa shape index (κ1) is 26.4. The molecule has 1 heterocycles. The van der Waals surface area contributed by atoms with Gasteiger partial charge >= 0.3 is 11.9 Å². The van der Waals surface area contributed by atoms with E-state index in [9.17, 15) is 31.9 Å². The van der Waals surface area contributed by atoms with Gasteiger partial charge < -0.3 is 10.5 Å². The molecule has 0 atom stereocenters. The second-order valence-corrected chi connectivity index (χ2v) is 8.43. The summed E-state index contributed by atoms with van der Waals surface area (Å²) in [6, 6.07) is 17.2. The SMILES string of the molecule is NC(=O)c1ccccc1COc1ccc(Cn2cc(F)c(=O)n(Cc3ccc(C(F)(F)F)cc3)c2=O)cc1. The number of nitrogens with zero attached hydrogens (tertiary/aromatic N) is 2. The Hall–Kier alpha value is -4.67. The maximum absolute atomic E-state index is 14.4. The Labute approximate surface area is 213 Å². The topological polar surface area (TPSA) is 96.3 Å². The molecule has 0 bridgehead atoms. The number of amides is 1. The van der Waals surface area contributed by atoms with Gasteiger partial charge in [-0.15, -0.1) is 0 Å². The highest BCUT2D eigenvalue weighted by molar-refractivity contribution is 5.94. The minimum Gasteiger partial charge on any atom is -0.489 e. The van der Waals surface area contributed by atoms with E-state index in [1.165, 1.54) is 0 Å². The van der Waals surface area contributed by atoms with E-state index in [-0.39, 0.29) is 18.7 Å². The molecule has 11 heteroatoms. The van der Waals surface area contributed by atoms with Crippen LogP contribution in [0, 0.1) is 5.82 Å². The Bertz CT molecular complexity index is 1570. The molecule has 0 spiro atoms. The summed E-state index contributed by atoms with van der Waals surface area (Å²) in [5, 5.41) is 0. The highest BCUT2D eigenvalue weighted by Crippen LogP contribution is 2.29. The number of ether oxygens (including phenoxy) is 1. The monoisotopic (exact) mass is 527 g/mol. The second kappa shape index (κ2) is 10.8. The lowest BCUT2D eigenvalue weighted by Crippen LogP contribution is -2.41. The molecule has 0 saturated carbocycles. The van der Waals surface area contributed by atoms with Gasteiger partial charge in [-0.2, -0.15) is 17.6 Å². The highest BCUT2D eigenvalue weighted by atomic mass is 19.4. The van der Waals surface area contributed by atoms with Crippen LogP contribution in [-0.2, 0) is 25.9 Å². The number of hydrogen-bond donors (Lipinski definition) is 1. The molecule has 1 aromatic heterocycles. The van der Waals surface area contributed by atoms with Crippen LogP contribution in [0.1, 0.15) is 32.6 Å². The normalized spacial score (nSPS) is 11.4. The van der Waals surface area contributed by atoms with Gasteiger partial charge in [-0.1, -0.05) is 42.5 Å². The Balaban J connectivity index is 1.50. The van der Waals surface area contributed by atoms with Crippen LogP contribution in [0.5, 0.6) is 5.75 Å². The minimum absolute atomic E-state index is 0.0756. The number of alkyl halides is 3. The standard InChI is InChI=1S/C27H21F4N3O4/c28-23-15-33(26(37)34(25(23)36)14-18-5-9-20(10-6-18)27(29,30)31)13-17-7-11-21(12-8-17)38-16-19-3-1-2-4-22(19)24(32)35/h1-12,15H,13-14,16H2,(H2,32,35). The number of nitrogens with two attached hydrogens (primary N) is 1. The third-order valence-electron chi connectivity index (χ3n) is 5.77. The molecular formula is C27H21F4N3O4. The van der Waals surface area contributed by atoms with Gasteiger partial charge in [0.1, 0.15) is 12.4 Å². The number of benzene rings is 3. The highest BCUT2D eigenvalue weighted by Gasteiger charge is 2.30. The maximum Gasteiger partial charge on any atom is 0.416 e. The van der Waals surface area contributed by atoms with Crippen molar-refractivity contribution in [2.24, 2.45) is 5.73 Å². The van der Waals surface area contributed by atoms with Gasteiger partial charge in [0.15, 0.2) is 0 Å². The fourth-order valence-corrected chi connectivity index (χ4v) is 3.79. The number of rotatable bonds is 8. The molecule has 4 rings (SSSR count). The van der Waals surface area contributed by atoms with Crippen molar-refractivity contribution in [3.63, 3.8) is 0 Å². The Morgan fingerprint density at radius 2 is 1.47 bits per heavy atom. The van der Waals surface area contributed by atoms with Gasteiger partial charge in [0.25, 0.3) is 5.56 Å². The van der Waals surface area contributed by atoms with Crippen molar-refractivity contribution in [3.8, 4) is 5.75 Å². The number of halogens is 4. The molecule has 0 radical (unpaired) electrons. The molecular weight excluding hydrogens is 506 g/mol. The number of carbonyl (C=O) groups excluding carboxylic acids is 1. The molecule has 38 heavy (non-hydrogen) atoms. The van der Waals surface area contributed by atoms with Gasteiger partial charge in [-0.3, -0.25) is 18.7 Å². The summed E-state index contributed by atoms with van der Waals surface area (Å²) in [6.45, 7) is -0.376. The molecule has 1 amide bonds. The summed E-state index contributed by atoms with van der Waals surface area (Å²) >= 11 is 0. The number of hydrogen-bond acceptors (Lipinski definition) is 4. The van der Waals surface area contributed by atoms with Crippen LogP contribution >= 0.6 is 0 Å². The first-order chi connectivity index (χ1) is 18.0. The van der Waals surface area contributed by atoms with Crippen LogP contribution in [0.3, 0.4) is 0 Å². The van der Waals surface area contributed by atoms with Crippen LogP contribution in [0.4, 0.5) is 17.6 Å². The molecule has 0 unspecified atom stereocenters. The van der Waals surface area contributed by atoms with Crippen molar-refractivity contribution < 1.29 is 27.1 Å². The van der Waals surface area contributed by atoms with Crippen molar-refractivity contribution in [1.82, 2.24) is 9.13 Å². The summed E-state index contributed by atoms with van der Waals surface area (Å²) in [4.78, 5) is 36.7. The quantitative estimate of drug-likeness (QED) is 0.351. The molecule has 196 valence electrons. The van der Waals surface area contributed by atoms with Crippen molar-refractivity contribution in [1.29, 1.82) is 0 Å². The fourth-order valence-electron chi connectivity index (χ4n) is 3.79. The van der Waals surface area contributed by atoms with E-state index in [4.69, 9.17) is 10.5 Å². The molecule has 0 saturated heterocycles. The predicted molar refractivity (Wildman–Crippen MR) is 130 cm³/mol. The largest absolute Gasteiger partial charge is 0.489 e. The van der Waals surface area contributed by atoms with Crippen molar-refractivity contribution >= 4 is 5.91 Å². The average molecular weight is 527 g/mol. The first-order valence-corrected chi connectivity index (χ1v) is 11.3. The molecule has 0 fully saturated rings. The van der Waals surface area contributed by atoms with Gasteiger partial charge in [0.05, 0.1) is 24.8 Å². The smallest absolute Gasteiger partial charge is 0.416 e. The number of carbonyl (C=O) groups is 1. The number of aromatic nitrogens is 2. The third-order valence-corrected chi connectivity index (χ3v) is 5.77. The van der Waals surface area contributed by atoms with Crippen LogP contribution in [-0.4, -0.2) is 15.0 Å². The van der Waals surface area contributed by atoms with Gasteiger partial charge in [0.2, 0.25) is 11.7 Å². The lowest BCUT2D eigenvalue weighted by molar-refractivity contribution is -0.137. The van der Waals surface area contributed by atoms with E-state index in [0.717, 1.165) is 35.0 Å². The summed E-state index contributed by atoms with van der Waals surface area (Å²) in [6.07, 6.45) is -3.74. The summed E-state index contributed by atoms with van der Waals surface area (Å²) in [5.41, 5.74) is 4.28. The van der Waals surface area contributed by atoms with Crippen LogP contribution < -0.4 is 21.7 Å². The molecule has 7 nitrogen and oxygen atoms in total. The summed E-state index contributed by atoms with van der Waals surface area (Å²) < 4.78 is 60.1. The average Bonchev–Trinajstić information content (AvgIpc) is 2.89. The van der Waals surface area contributed by atoms with Crippen LogP contribution in [0.25, 0.3) is 0 Å². The second-order valence-electron chi connectivity index (χ2n) is 8.43. The maximum atomic E-state index is 14.4. The van der Waals surface area contributed by atoms with E-state index in [1.807, 2.05) is 0 Å². The van der Waals surface area contributed by atoms with E-state index < -0.39 is 41.3 Å². The predicted octanol–water partition coefficient (Wildman–Crippen LogP) is 3.94. The third kappa shape index (κ3) is 6.00. The number of primary amides is 1. The Kier molecular flexibility index (Phi) is 7.47. The zero-order valence-corrected chi connectivity index (χ0v) is 19.7. The van der Waals surface area contributed by atoms with Crippen LogP contribution in [0.15, 0.2) is 88.6 Å². The first-order valence-electron chi connectivity index (χ1n) is 11.3. The molecule has 0 aliphatic rings. The van der Waals surface area contributed by atoms with Crippen molar-refractivity contribution in [3.05, 3.63) is 133 Å². The Morgan fingerprint density at radius 3 is 2.11 bits per heavy atom. The van der Waals surface area contributed by atoms with Crippen LogP contribution in [0.2, 0.25) is 0 Å². The zero-order valence-electron chi connectivity index (χ0n) is 19.7. The fraction of sp³-hybridized carbons (Fsp3) is 0.148. The zero-order chi connectivity index (χ0) is 27.4. The molecule has 0 aliphatic carbocycles. The Morgan fingerprint density at radius 1 is 0.868 bits per heavy atom. The lowest BCUT2D eigenvalue weighted by atomic mass is 10.1. The van der Waals surface area contributed by atoms with E-state index >= 15 is 0 Å². The molecule has 2 N–H and O–H groups in total. The van der Waals surface area contributed by atoms with Gasteiger partial charge in [-0.25, -0.2) is 4.79 Å². The van der Waals surface area contributed by atoms with Crippen molar-refractivity contribution in [2.75, 3.05) is 0 Å². The van der Waals surface area contributed by atoms with Gasteiger partial charge in [-0.05, 0) is 41.5 Å². The lowest BCUT2D eigenvalue weighted by Gasteiger charge is -2.13. The van der Waals surface area contributed by atoms with E-state index in [1.54, 1.807) is 48.5 Å². The molecule has 3 aromatic carbocycles. The minimum atomic E-state index is -4.53. The summed E-state index contributed by atoms with van der Waals surface area (Å²) in [5.74, 6) is -1.28. The van der Waals surface area contributed by atoms with Gasteiger partial charge in [0, 0.05) is 11.1 Å². The van der Waals surface area contributed by atoms with E-state index in [2.05, 4.69) is 0 Å². The molecule has 4 aromatic rings. The summed E-state index contributed by atoms with van der Waals surface area (Å²) in [7, 11) is 0. The van der Waals surface area contributed by atoms with E-state index in [0.29, 0.717) is 27.0 Å².